The van der Waals surface area contributed by atoms with Gasteiger partial charge >= 0.3 is 5.97 Å². The van der Waals surface area contributed by atoms with Crippen LogP contribution in [0.2, 0.25) is 0 Å². The second-order valence-electron chi connectivity index (χ2n) is 5.04. The normalized spacial score (nSPS) is 12.4. The monoisotopic (exact) mass is 414 g/mol. The van der Waals surface area contributed by atoms with Crippen molar-refractivity contribution in [3.63, 3.8) is 0 Å². The van der Waals surface area contributed by atoms with Crippen LogP contribution in [0.4, 0.5) is 0 Å². The molecule has 0 spiro atoms. The summed E-state index contributed by atoms with van der Waals surface area (Å²) in [5, 5.41) is 13.8. The molecule has 0 saturated heterocycles. The zero-order valence-corrected chi connectivity index (χ0v) is 15.0. The Morgan fingerprint density at radius 1 is 1.38 bits per heavy atom. The van der Waals surface area contributed by atoms with E-state index in [9.17, 15) is 9.90 Å². The number of halogens is 2. The molecule has 0 amide bonds. The van der Waals surface area contributed by atoms with E-state index in [2.05, 4.69) is 37.0 Å². The molecule has 0 radical (unpaired) electrons. The Morgan fingerprint density at radius 3 is 2.62 bits per heavy atom. The Hall–Kier alpha value is -1.14. The number of aliphatic carboxylic acids is 1. The molecule has 2 aromatic rings. The van der Waals surface area contributed by atoms with Crippen molar-refractivity contribution >= 4 is 37.8 Å². The van der Waals surface area contributed by atoms with Gasteiger partial charge in [-0.3, -0.25) is 9.48 Å². The molecule has 2 rings (SSSR count). The fraction of sp³-hybridized carbons (Fsp3) is 0.333. The summed E-state index contributed by atoms with van der Waals surface area (Å²) in [5.41, 5.74) is 2.79. The van der Waals surface area contributed by atoms with Crippen LogP contribution in [-0.2, 0) is 24.7 Å². The van der Waals surface area contributed by atoms with Crippen molar-refractivity contribution in [2.24, 2.45) is 13.0 Å². The SMILES string of the molecule is Cc1nn(C)c(CC(Cc2cccc(Br)c2)C(=O)O)c1Br. The van der Waals surface area contributed by atoms with E-state index < -0.39 is 11.9 Å². The van der Waals surface area contributed by atoms with E-state index in [4.69, 9.17) is 0 Å². The highest BCUT2D eigenvalue weighted by Crippen LogP contribution is 2.25. The number of nitrogens with zero attached hydrogens (tertiary/aromatic N) is 2. The largest absolute Gasteiger partial charge is 0.481 e. The lowest BCUT2D eigenvalue weighted by atomic mass is 9.95. The number of carboxylic acid groups (broad SMARTS) is 1. The predicted octanol–water partition coefficient (Wildman–Crippen LogP) is 3.74. The van der Waals surface area contributed by atoms with Crippen molar-refractivity contribution in [1.29, 1.82) is 0 Å². The van der Waals surface area contributed by atoms with Crippen molar-refractivity contribution in [3.05, 3.63) is 50.2 Å². The van der Waals surface area contributed by atoms with E-state index in [1.54, 1.807) is 4.68 Å². The summed E-state index contributed by atoms with van der Waals surface area (Å²) in [5.74, 6) is -1.27. The third kappa shape index (κ3) is 3.95. The van der Waals surface area contributed by atoms with Crippen LogP contribution in [0.25, 0.3) is 0 Å². The molecule has 0 saturated carbocycles. The molecule has 1 aromatic carbocycles. The first kappa shape index (κ1) is 16.2. The van der Waals surface area contributed by atoms with E-state index >= 15 is 0 Å². The Balaban J connectivity index is 2.22. The number of benzene rings is 1. The third-order valence-electron chi connectivity index (χ3n) is 3.42. The predicted molar refractivity (Wildman–Crippen MR) is 88.3 cm³/mol. The van der Waals surface area contributed by atoms with Gasteiger partial charge in [0.05, 0.1) is 21.8 Å². The van der Waals surface area contributed by atoms with E-state index in [1.807, 2.05) is 38.2 Å². The third-order valence-corrected chi connectivity index (χ3v) is 4.95. The highest BCUT2D eigenvalue weighted by molar-refractivity contribution is 9.10. The van der Waals surface area contributed by atoms with Crippen LogP contribution in [-0.4, -0.2) is 20.9 Å². The summed E-state index contributed by atoms with van der Waals surface area (Å²) in [6, 6.07) is 7.76. The zero-order valence-electron chi connectivity index (χ0n) is 11.8. The molecule has 0 aliphatic rings. The highest BCUT2D eigenvalue weighted by Gasteiger charge is 2.23. The molecule has 1 unspecified atom stereocenters. The maximum Gasteiger partial charge on any atom is 0.307 e. The maximum absolute atomic E-state index is 11.6. The molecule has 4 nitrogen and oxygen atoms in total. The summed E-state index contributed by atoms with van der Waals surface area (Å²) >= 11 is 6.91. The Morgan fingerprint density at radius 2 is 2.10 bits per heavy atom. The van der Waals surface area contributed by atoms with Crippen LogP contribution in [0.15, 0.2) is 33.2 Å². The number of aromatic nitrogens is 2. The minimum absolute atomic E-state index is 0.444. The van der Waals surface area contributed by atoms with Gasteiger partial charge in [0, 0.05) is 17.9 Å². The Kier molecular flexibility index (Phi) is 5.22. The summed E-state index contributed by atoms with van der Waals surface area (Å²) < 4.78 is 3.60. The standard InChI is InChI=1S/C15H16Br2N2O2/c1-9-14(17)13(19(2)18-9)8-11(15(20)21)6-10-4-3-5-12(16)7-10/h3-5,7,11H,6,8H2,1-2H3,(H,20,21). The Labute approximate surface area is 140 Å². The van der Waals surface area contributed by atoms with E-state index in [-0.39, 0.29) is 0 Å². The van der Waals surface area contributed by atoms with Crippen molar-refractivity contribution < 1.29 is 9.90 Å². The molecule has 0 bridgehead atoms. The quantitative estimate of drug-likeness (QED) is 0.809. The van der Waals surface area contributed by atoms with Crippen LogP contribution < -0.4 is 0 Å². The molecule has 1 atom stereocenters. The van der Waals surface area contributed by atoms with Gasteiger partial charge in [-0.1, -0.05) is 28.1 Å². The number of carboxylic acids is 1. The van der Waals surface area contributed by atoms with Crippen LogP contribution in [0.5, 0.6) is 0 Å². The molecule has 0 fully saturated rings. The van der Waals surface area contributed by atoms with Gasteiger partial charge in [0.2, 0.25) is 0 Å². The van der Waals surface area contributed by atoms with Gasteiger partial charge in [0.25, 0.3) is 0 Å². The first-order chi connectivity index (χ1) is 9.88. The Bertz CT molecular complexity index is 668. The summed E-state index contributed by atoms with van der Waals surface area (Å²) in [4.78, 5) is 11.6. The average Bonchev–Trinajstić information content (AvgIpc) is 2.64. The molecule has 1 heterocycles. The topological polar surface area (TPSA) is 55.1 Å². The van der Waals surface area contributed by atoms with Gasteiger partial charge in [0.15, 0.2) is 0 Å². The number of aryl methyl sites for hydroxylation is 2. The number of hydrogen-bond acceptors (Lipinski definition) is 2. The summed E-state index contributed by atoms with van der Waals surface area (Å²) in [7, 11) is 1.84. The van der Waals surface area contributed by atoms with Crippen molar-refractivity contribution in [2.75, 3.05) is 0 Å². The molecule has 21 heavy (non-hydrogen) atoms. The van der Waals surface area contributed by atoms with Gasteiger partial charge in [-0.2, -0.15) is 5.10 Å². The van der Waals surface area contributed by atoms with E-state index in [0.29, 0.717) is 12.8 Å². The molecule has 0 aliphatic heterocycles. The van der Waals surface area contributed by atoms with Crippen molar-refractivity contribution in [2.45, 2.75) is 19.8 Å². The molecule has 112 valence electrons. The van der Waals surface area contributed by atoms with Gasteiger partial charge in [-0.25, -0.2) is 0 Å². The van der Waals surface area contributed by atoms with Gasteiger partial charge < -0.3 is 5.11 Å². The van der Waals surface area contributed by atoms with Crippen molar-refractivity contribution in [1.82, 2.24) is 9.78 Å². The number of rotatable bonds is 5. The van der Waals surface area contributed by atoms with Crippen LogP contribution in [0.1, 0.15) is 17.0 Å². The minimum atomic E-state index is -0.791. The molecule has 1 N–H and O–H groups in total. The second kappa shape index (κ2) is 6.75. The maximum atomic E-state index is 11.6. The van der Waals surface area contributed by atoms with Crippen molar-refractivity contribution in [3.8, 4) is 0 Å². The van der Waals surface area contributed by atoms with Crippen LogP contribution in [0, 0.1) is 12.8 Å². The smallest absolute Gasteiger partial charge is 0.307 e. The minimum Gasteiger partial charge on any atom is -0.481 e. The number of carbonyl (C=O) groups is 1. The van der Waals surface area contributed by atoms with Crippen LogP contribution in [0.3, 0.4) is 0 Å². The molecule has 6 heteroatoms. The zero-order chi connectivity index (χ0) is 15.6. The molecular weight excluding hydrogens is 400 g/mol. The van der Waals surface area contributed by atoms with Crippen LogP contribution >= 0.6 is 31.9 Å². The molecule has 0 aliphatic carbocycles. The first-order valence-electron chi connectivity index (χ1n) is 6.53. The van der Waals surface area contributed by atoms with E-state index in [0.717, 1.165) is 25.9 Å². The lowest BCUT2D eigenvalue weighted by molar-refractivity contribution is -0.141. The van der Waals surface area contributed by atoms with Gasteiger partial charge in [-0.15, -0.1) is 0 Å². The highest BCUT2D eigenvalue weighted by atomic mass is 79.9. The van der Waals surface area contributed by atoms with Gasteiger partial charge in [-0.05, 0) is 47.0 Å². The lowest BCUT2D eigenvalue weighted by Gasteiger charge is -2.13. The van der Waals surface area contributed by atoms with E-state index in [1.165, 1.54) is 0 Å². The summed E-state index contributed by atoms with van der Waals surface area (Å²) in [6.45, 7) is 1.90. The summed E-state index contributed by atoms with van der Waals surface area (Å²) in [6.07, 6.45) is 0.936. The van der Waals surface area contributed by atoms with Gasteiger partial charge in [0.1, 0.15) is 0 Å². The second-order valence-corrected chi connectivity index (χ2v) is 6.75. The lowest BCUT2D eigenvalue weighted by Crippen LogP contribution is -2.20. The first-order valence-corrected chi connectivity index (χ1v) is 8.12. The molecular formula is C15H16Br2N2O2. The average molecular weight is 416 g/mol. The number of hydrogen-bond donors (Lipinski definition) is 1. The molecule has 1 aromatic heterocycles. The fourth-order valence-corrected chi connectivity index (χ4v) is 3.27. The fourth-order valence-electron chi connectivity index (χ4n) is 2.33.